The third-order valence-electron chi connectivity index (χ3n) is 5.03. The number of benzene rings is 3. The minimum atomic E-state index is -0.650. The maximum Gasteiger partial charge on any atom is 0.419 e. The maximum absolute atomic E-state index is 13.1. The molecule has 1 amide bonds. The molecule has 1 unspecified atom stereocenters. The predicted octanol–water partition coefficient (Wildman–Crippen LogP) is 6.54. The van der Waals surface area contributed by atoms with Gasteiger partial charge in [0.25, 0.3) is 5.95 Å². The number of rotatable bonds is 5. The van der Waals surface area contributed by atoms with Crippen molar-refractivity contribution < 1.29 is 18.3 Å². The predicted molar refractivity (Wildman–Crippen MR) is 131 cm³/mol. The van der Waals surface area contributed by atoms with E-state index in [-0.39, 0.29) is 17.8 Å². The molecule has 0 aliphatic carbocycles. The number of nitrogens with one attached hydrogen (secondary N) is 3. The summed E-state index contributed by atoms with van der Waals surface area (Å²) < 4.78 is 23.9. The standard InChI is InChI=1S/C25H22FN3O3S/c1-15-13-20(28-24(33)27-16(2)17-7-9-19(26)10-8-17)11-12-21(15)29-25(30)32-23-14-18-5-3-4-6-22(18)31-23/h3-14,16H,1-2H3,(H,29,30)(H2,27,28,33). The molecule has 33 heavy (non-hydrogen) atoms. The van der Waals surface area contributed by atoms with Crippen LogP contribution in [0.4, 0.5) is 20.6 Å². The number of carbonyl (C=O) groups is 1. The Kier molecular flexibility index (Phi) is 6.55. The molecule has 3 N–H and O–H groups in total. The lowest BCUT2D eigenvalue weighted by atomic mass is 10.1. The van der Waals surface area contributed by atoms with Gasteiger partial charge in [-0.1, -0.05) is 30.3 Å². The first-order chi connectivity index (χ1) is 15.9. The molecule has 1 atom stereocenters. The van der Waals surface area contributed by atoms with E-state index in [4.69, 9.17) is 21.4 Å². The van der Waals surface area contributed by atoms with Crippen molar-refractivity contribution in [2.24, 2.45) is 0 Å². The van der Waals surface area contributed by atoms with Gasteiger partial charge in [0.15, 0.2) is 5.11 Å². The number of fused-ring (bicyclic) bond motifs is 1. The Bertz CT molecular complexity index is 1270. The van der Waals surface area contributed by atoms with Crippen LogP contribution in [0.2, 0.25) is 0 Å². The monoisotopic (exact) mass is 463 g/mol. The van der Waals surface area contributed by atoms with Crippen LogP contribution in [-0.2, 0) is 0 Å². The van der Waals surface area contributed by atoms with Crippen molar-refractivity contribution in [2.45, 2.75) is 19.9 Å². The van der Waals surface area contributed by atoms with Crippen LogP contribution in [0.1, 0.15) is 24.1 Å². The number of amides is 1. The molecule has 0 saturated heterocycles. The van der Waals surface area contributed by atoms with Crippen molar-refractivity contribution >= 4 is 45.8 Å². The number of halogens is 1. The number of hydrogen-bond acceptors (Lipinski definition) is 4. The maximum atomic E-state index is 13.1. The molecule has 8 heteroatoms. The van der Waals surface area contributed by atoms with Crippen LogP contribution < -0.4 is 20.7 Å². The first-order valence-electron chi connectivity index (χ1n) is 10.3. The fourth-order valence-corrected chi connectivity index (χ4v) is 3.61. The van der Waals surface area contributed by atoms with Gasteiger partial charge in [0, 0.05) is 22.8 Å². The average molecular weight is 464 g/mol. The number of furan rings is 1. The van der Waals surface area contributed by atoms with E-state index in [0.717, 1.165) is 22.2 Å². The number of aryl methyl sites for hydroxylation is 1. The van der Waals surface area contributed by atoms with E-state index in [1.165, 1.54) is 12.1 Å². The second kappa shape index (κ2) is 9.70. The van der Waals surface area contributed by atoms with E-state index < -0.39 is 6.09 Å². The van der Waals surface area contributed by atoms with E-state index in [1.807, 2.05) is 38.1 Å². The van der Waals surface area contributed by atoms with Gasteiger partial charge >= 0.3 is 6.09 Å². The van der Waals surface area contributed by atoms with Gasteiger partial charge in [-0.05, 0) is 73.6 Å². The highest BCUT2D eigenvalue weighted by Gasteiger charge is 2.12. The molecule has 0 fully saturated rings. The van der Waals surface area contributed by atoms with E-state index in [0.29, 0.717) is 16.4 Å². The van der Waals surface area contributed by atoms with Crippen molar-refractivity contribution in [3.05, 3.63) is 89.7 Å². The molecule has 0 spiro atoms. The Balaban J connectivity index is 1.33. The zero-order chi connectivity index (χ0) is 23.4. The number of anilines is 2. The molecule has 0 aliphatic rings. The second-order valence-corrected chi connectivity index (χ2v) is 7.93. The van der Waals surface area contributed by atoms with Gasteiger partial charge in [-0.2, -0.15) is 0 Å². The van der Waals surface area contributed by atoms with Crippen LogP contribution in [0.5, 0.6) is 5.95 Å². The van der Waals surface area contributed by atoms with Crippen LogP contribution in [0, 0.1) is 12.7 Å². The fraction of sp³-hybridized carbons (Fsp3) is 0.120. The summed E-state index contributed by atoms with van der Waals surface area (Å²) in [6, 6.07) is 20.6. The zero-order valence-electron chi connectivity index (χ0n) is 18.0. The van der Waals surface area contributed by atoms with E-state index >= 15 is 0 Å². The van der Waals surface area contributed by atoms with Crippen molar-refractivity contribution in [1.29, 1.82) is 0 Å². The first kappa shape index (κ1) is 22.3. The van der Waals surface area contributed by atoms with Crippen LogP contribution in [-0.4, -0.2) is 11.2 Å². The quantitative estimate of drug-likeness (QED) is 0.292. The lowest BCUT2D eigenvalue weighted by molar-refractivity contribution is 0.203. The highest BCUT2D eigenvalue weighted by atomic mass is 32.1. The summed E-state index contributed by atoms with van der Waals surface area (Å²) in [5, 5.41) is 10.3. The molecule has 0 aliphatic heterocycles. The number of ether oxygens (including phenoxy) is 1. The fourth-order valence-electron chi connectivity index (χ4n) is 3.31. The average Bonchev–Trinajstić information content (AvgIpc) is 3.18. The number of thiocarbonyl (C=S) groups is 1. The lowest BCUT2D eigenvalue weighted by Crippen LogP contribution is -2.30. The van der Waals surface area contributed by atoms with E-state index in [1.54, 1.807) is 36.4 Å². The molecule has 6 nitrogen and oxygen atoms in total. The number of hydrogen-bond donors (Lipinski definition) is 3. The van der Waals surface area contributed by atoms with Gasteiger partial charge in [-0.3, -0.25) is 5.32 Å². The van der Waals surface area contributed by atoms with Gasteiger partial charge in [0.2, 0.25) is 0 Å². The molecule has 4 rings (SSSR count). The Morgan fingerprint density at radius 2 is 1.79 bits per heavy atom. The molecular weight excluding hydrogens is 441 g/mol. The Labute approximate surface area is 195 Å². The van der Waals surface area contributed by atoms with Crippen LogP contribution in [0.3, 0.4) is 0 Å². The topological polar surface area (TPSA) is 75.5 Å². The Hall–Kier alpha value is -3.91. The molecule has 4 aromatic rings. The Morgan fingerprint density at radius 1 is 1.03 bits per heavy atom. The Morgan fingerprint density at radius 3 is 2.52 bits per heavy atom. The van der Waals surface area contributed by atoms with Crippen LogP contribution >= 0.6 is 12.2 Å². The molecule has 1 aromatic heterocycles. The van der Waals surface area contributed by atoms with Gasteiger partial charge in [-0.15, -0.1) is 0 Å². The minimum Gasteiger partial charge on any atom is -0.425 e. The number of carbonyl (C=O) groups excluding carboxylic acids is 1. The van der Waals surface area contributed by atoms with Crippen LogP contribution in [0.25, 0.3) is 11.0 Å². The van der Waals surface area contributed by atoms with Crippen molar-refractivity contribution in [3.63, 3.8) is 0 Å². The molecule has 0 bridgehead atoms. The summed E-state index contributed by atoms with van der Waals surface area (Å²) in [4.78, 5) is 12.3. The first-order valence-corrected chi connectivity index (χ1v) is 10.7. The van der Waals surface area contributed by atoms with Gasteiger partial charge in [-0.25, -0.2) is 9.18 Å². The largest absolute Gasteiger partial charge is 0.425 e. The SMILES string of the molecule is Cc1cc(NC(=S)NC(C)c2ccc(F)cc2)ccc1NC(=O)Oc1cc2ccccc2o1. The van der Waals surface area contributed by atoms with Gasteiger partial charge in [0.05, 0.1) is 6.04 Å². The molecule has 1 heterocycles. The van der Waals surface area contributed by atoms with Crippen molar-refractivity contribution in [2.75, 3.05) is 10.6 Å². The summed E-state index contributed by atoms with van der Waals surface area (Å²) in [7, 11) is 0. The second-order valence-electron chi connectivity index (χ2n) is 7.52. The molecule has 0 saturated carbocycles. The van der Waals surface area contributed by atoms with Crippen molar-refractivity contribution in [3.8, 4) is 5.95 Å². The highest BCUT2D eigenvalue weighted by molar-refractivity contribution is 7.80. The van der Waals surface area contributed by atoms with E-state index in [2.05, 4.69) is 16.0 Å². The third-order valence-corrected chi connectivity index (χ3v) is 5.25. The summed E-state index contributed by atoms with van der Waals surface area (Å²) >= 11 is 5.39. The highest BCUT2D eigenvalue weighted by Crippen LogP contribution is 2.25. The normalized spacial score (nSPS) is 11.6. The minimum absolute atomic E-state index is 0.0966. The summed E-state index contributed by atoms with van der Waals surface area (Å²) in [6.07, 6.45) is -0.650. The van der Waals surface area contributed by atoms with Gasteiger partial charge in [0.1, 0.15) is 11.4 Å². The summed E-state index contributed by atoms with van der Waals surface area (Å²) in [5.74, 6) is -0.159. The summed E-state index contributed by atoms with van der Waals surface area (Å²) in [5.41, 5.74) is 3.73. The zero-order valence-corrected chi connectivity index (χ0v) is 18.8. The van der Waals surface area contributed by atoms with Gasteiger partial charge < -0.3 is 19.8 Å². The third kappa shape index (κ3) is 5.67. The van der Waals surface area contributed by atoms with Crippen LogP contribution in [0.15, 0.2) is 77.2 Å². The lowest BCUT2D eigenvalue weighted by Gasteiger charge is -2.18. The molecule has 3 aromatic carbocycles. The van der Waals surface area contributed by atoms with E-state index in [9.17, 15) is 9.18 Å². The molecule has 168 valence electrons. The summed E-state index contributed by atoms with van der Waals surface area (Å²) in [6.45, 7) is 3.80. The number of para-hydroxylation sites is 1. The van der Waals surface area contributed by atoms with Crippen molar-refractivity contribution in [1.82, 2.24) is 5.32 Å². The smallest absolute Gasteiger partial charge is 0.419 e. The molecule has 0 radical (unpaired) electrons. The molecular formula is C25H22FN3O3S.